The first-order valence-electron chi connectivity index (χ1n) is 9.28. The quantitative estimate of drug-likeness (QED) is 0.886. The fraction of sp³-hybridized carbons (Fsp3) is 0.333. The summed E-state index contributed by atoms with van der Waals surface area (Å²) in [4.78, 5) is 26.4. The van der Waals surface area contributed by atoms with E-state index in [2.05, 4.69) is 27.7 Å². The lowest BCUT2D eigenvalue weighted by Crippen LogP contribution is -2.29. The molecule has 0 aliphatic carbocycles. The van der Waals surface area contributed by atoms with Crippen LogP contribution in [0.25, 0.3) is 0 Å². The number of piperidine rings is 1. The second-order valence-electron chi connectivity index (χ2n) is 6.97. The number of hydrogen-bond donors (Lipinski definition) is 2. The Morgan fingerprint density at radius 2 is 1.73 bits per heavy atom. The lowest BCUT2D eigenvalue weighted by molar-refractivity contribution is -0.116. The fourth-order valence-corrected chi connectivity index (χ4v) is 3.64. The first-order valence-corrected chi connectivity index (χ1v) is 9.28. The van der Waals surface area contributed by atoms with E-state index in [0.29, 0.717) is 18.4 Å². The van der Waals surface area contributed by atoms with Crippen molar-refractivity contribution in [2.24, 2.45) is 0 Å². The Kier molecular flexibility index (Phi) is 4.61. The maximum absolute atomic E-state index is 12.5. The number of nitrogens with zero attached hydrogens (tertiary/aromatic N) is 1. The average Bonchev–Trinajstić information content (AvgIpc) is 2.69. The third-order valence-corrected chi connectivity index (χ3v) is 5.11. The third kappa shape index (κ3) is 3.57. The lowest BCUT2D eigenvalue weighted by Gasteiger charge is -2.28. The van der Waals surface area contributed by atoms with Crippen LogP contribution in [0, 0.1) is 0 Å². The molecule has 1 fully saturated rings. The summed E-state index contributed by atoms with van der Waals surface area (Å²) in [6.07, 6.45) is 4.95. The minimum atomic E-state index is -0.129. The van der Waals surface area contributed by atoms with Crippen LogP contribution in [0.2, 0.25) is 0 Å². The Morgan fingerprint density at radius 3 is 2.50 bits per heavy atom. The van der Waals surface area contributed by atoms with Gasteiger partial charge in [-0.2, -0.15) is 0 Å². The second-order valence-corrected chi connectivity index (χ2v) is 6.97. The number of nitrogens with one attached hydrogen (secondary N) is 2. The van der Waals surface area contributed by atoms with Crippen molar-refractivity contribution in [1.82, 2.24) is 0 Å². The molecule has 2 N–H and O–H groups in total. The standard InChI is InChI=1S/C21H23N3O2/c25-20-11-5-15-14-16(4-10-19(15)23-20)21(26)22-17-6-8-18(9-7-17)24-12-2-1-3-13-24/h4,6-10,14H,1-3,5,11-13H2,(H,22,26)(H,23,25). The number of carbonyl (C=O) groups is 2. The van der Waals surface area contributed by atoms with E-state index in [1.54, 1.807) is 12.1 Å². The van der Waals surface area contributed by atoms with Gasteiger partial charge in [0.15, 0.2) is 0 Å². The molecular weight excluding hydrogens is 326 g/mol. The molecule has 134 valence electrons. The summed E-state index contributed by atoms with van der Waals surface area (Å²) >= 11 is 0. The van der Waals surface area contributed by atoms with E-state index in [9.17, 15) is 9.59 Å². The Balaban J connectivity index is 1.44. The summed E-state index contributed by atoms with van der Waals surface area (Å²) in [5.41, 5.74) is 4.44. The molecule has 2 amide bonds. The van der Waals surface area contributed by atoms with E-state index in [1.807, 2.05) is 18.2 Å². The lowest BCUT2D eigenvalue weighted by atomic mass is 10.00. The van der Waals surface area contributed by atoms with Crippen LogP contribution in [0.15, 0.2) is 42.5 Å². The van der Waals surface area contributed by atoms with Crippen LogP contribution in [-0.4, -0.2) is 24.9 Å². The number of benzene rings is 2. The maximum Gasteiger partial charge on any atom is 0.255 e. The van der Waals surface area contributed by atoms with Crippen molar-refractivity contribution in [2.45, 2.75) is 32.1 Å². The van der Waals surface area contributed by atoms with Gasteiger partial charge < -0.3 is 15.5 Å². The molecule has 1 saturated heterocycles. The molecule has 2 aliphatic rings. The summed E-state index contributed by atoms with van der Waals surface area (Å²) < 4.78 is 0. The molecule has 2 aromatic carbocycles. The third-order valence-electron chi connectivity index (χ3n) is 5.11. The Labute approximate surface area is 153 Å². The van der Waals surface area contributed by atoms with Crippen LogP contribution >= 0.6 is 0 Å². The summed E-state index contributed by atoms with van der Waals surface area (Å²) in [7, 11) is 0. The number of fused-ring (bicyclic) bond motifs is 1. The predicted molar refractivity (Wildman–Crippen MR) is 104 cm³/mol. The molecule has 2 aromatic rings. The number of carbonyl (C=O) groups excluding carboxylic acids is 2. The van der Waals surface area contributed by atoms with Gasteiger partial charge in [0, 0.05) is 42.1 Å². The second kappa shape index (κ2) is 7.20. The Bertz CT molecular complexity index is 824. The zero-order valence-electron chi connectivity index (χ0n) is 14.8. The van der Waals surface area contributed by atoms with Gasteiger partial charge in [-0.15, -0.1) is 0 Å². The molecule has 0 unspecified atom stereocenters. The largest absolute Gasteiger partial charge is 0.372 e. The van der Waals surface area contributed by atoms with Crippen molar-refractivity contribution in [1.29, 1.82) is 0 Å². The molecule has 0 aromatic heterocycles. The maximum atomic E-state index is 12.5. The van der Waals surface area contributed by atoms with Crippen LogP contribution in [0.1, 0.15) is 41.6 Å². The van der Waals surface area contributed by atoms with Crippen molar-refractivity contribution in [3.63, 3.8) is 0 Å². The van der Waals surface area contributed by atoms with Gasteiger partial charge in [-0.25, -0.2) is 0 Å². The molecule has 0 radical (unpaired) electrons. The van der Waals surface area contributed by atoms with E-state index in [1.165, 1.54) is 24.9 Å². The van der Waals surface area contributed by atoms with E-state index >= 15 is 0 Å². The van der Waals surface area contributed by atoms with E-state index in [-0.39, 0.29) is 11.8 Å². The molecule has 0 bridgehead atoms. The first kappa shape index (κ1) is 16.6. The van der Waals surface area contributed by atoms with Crippen LogP contribution in [0.3, 0.4) is 0 Å². The number of anilines is 3. The van der Waals surface area contributed by atoms with Crippen LogP contribution in [0.4, 0.5) is 17.1 Å². The molecule has 5 heteroatoms. The number of hydrogen-bond acceptors (Lipinski definition) is 3. The van der Waals surface area contributed by atoms with Crippen molar-refractivity contribution in [3.8, 4) is 0 Å². The SMILES string of the molecule is O=C1CCc2cc(C(=O)Nc3ccc(N4CCCCC4)cc3)ccc2N1. The highest BCUT2D eigenvalue weighted by molar-refractivity contribution is 6.05. The average molecular weight is 349 g/mol. The Morgan fingerprint density at radius 1 is 0.962 bits per heavy atom. The molecule has 4 rings (SSSR count). The predicted octanol–water partition coefficient (Wildman–Crippen LogP) is 3.81. The van der Waals surface area contributed by atoms with Gasteiger partial charge in [0.1, 0.15) is 0 Å². The fourth-order valence-electron chi connectivity index (χ4n) is 3.64. The molecular formula is C21H23N3O2. The molecule has 0 spiro atoms. The van der Waals surface area contributed by atoms with Crippen molar-refractivity contribution in [2.75, 3.05) is 28.6 Å². The molecule has 26 heavy (non-hydrogen) atoms. The van der Waals surface area contributed by atoms with Gasteiger partial charge in [0.05, 0.1) is 0 Å². The van der Waals surface area contributed by atoms with Gasteiger partial charge in [-0.05, 0) is 73.7 Å². The van der Waals surface area contributed by atoms with Gasteiger partial charge in [0.2, 0.25) is 5.91 Å². The Hall–Kier alpha value is -2.82. The highest BCUT2D eigenvalue weighted by Gasteiger charge is 2.17. The van der Waals surface area contributed by atoms with Gasteiger partial charge >= 0.3 is 0 Å². The van der Waals surface area contributed by atoms with Gasteiger partial charge in [0.25, 0.3) is 5.91 Å². The number of amides is 2. The van der Waals surface area contributed by atoms with E-state index in [0.717, 1.165) is 30.0 Å². The molecule has 2 aliphatic heterocycles. The zero-order valence-corrected chi connectivity index (χ0v) is 14.8. The van der Waals surface area contributed by atoms with Gasteiger partial charge in [-0.3, -0.25) is 9.59 Å². The minimum absolute atomic E-state index is 0.0310. The van der Waals surface area contributed by atoms with E-state index < -0.39 is 0 Å². The normalized spacial score (nSPS) is 16.6. The summed E-state index contributed by atoms with van der Waals surface area (Å²) in [6, 6.07) is 13.5. The number of rotatable bonds is 3. The monoisotopic (exact) mass is 349 g/mol. The van der Waals surface area contributed by atoms with E-state index in [4.69, 9.17) is 0 Å². The van der Waals surface area contributed by atoms with Crippen LogP contribution in [-0.2, 0) is 11.2 Å². The van der Waals surface area contributed by atoms with Crippen LogP contribution < -0.4 is 15.5 Å². The van der Waals surface area contributed by atoms with Crippen molar-refractivity contribution < 1.29 is 9.59 Å². The molecule has 5 nitrogen and oxygen atoms in total. The van der Waals surface area contributed by atoms with Crippen molar-refractivity contribution in [3.05, 3.63) is 53.6 Å². The summed E-state index contributed by atoms with van der Waals surface area (Å²) in [5, 5.41) is 5.80. The van der Waals surface area contributed by atoms with Crippen molar-refractivity contribution >= 4 is 28.9 Å². The highest BCUT2D eigenvalue weighted by atomic mass is 16.2. The van der Waals surface area contributed by atoms with Crippen LogP contribution in [0.5, 0.6) is 0 Å². The molecule has 0 saturated carbocycles. The number of aryl methyl sites for hydroxylation is 1. The molecule has 2 heterocycles. The summed E-state index contributed by atoms with van der Waals surface area (Å²) in [5.74, 6) is -0.0982. The summed E-state index contributed by atoms with van der Waals surface area (Å²) in [6.45, 7) is 2.22. The molecule has 0 atom stereocenters. The highest BCUT2D eigenvalue weighted by Crippen LogP contribution is 2.25. The topological polar surface area (TPSA) is 61.4 Å². The first-order chi connectivity index (χ1) is 12.7. The zero-order chi connectivity index (χ0) is 17.9. The minimum Gasteiger partial charge on any atom is -0.372 e. The van der Waals surface area contributed by atoms with Gasteiger partial charge in [-0.1, -0.05) is 0 Å². The smallest absolute Gasteiger partial charge is 0.255 e.